The van der Waals surface area contributed by atoms with Crippen LogP contribution in [0.2, 0.25) is 0 Å². The van der Waals surface area contributed by atoms with Gasteiger partial charge in [-0.1, -0.05) is 5.16 Å². The summed E-state index contributed by atoms with van der Waals surface area (Å²) in [6.45, 7) is 1.67. The largest absolute Gasteiger partial charge is 0.399 e. The van der Waals surface area contributed by atoms with Crippen molar-refractivity contribution < 1.29 is 12.9 Å². The van der Waals surface area contributed by atoms with Crippen molar-refractivity contribution in [1.82, 2.24) is 10.1 Å². The number of benzene rings is 1. The average Bonchev–Trinajstić information content (AvgIpc) is 3.14. The summed E-state index contributed by atoms with van der Waals surface area (Å²) in [6.07, 6.45) is 3.75. The molecule has 4 N–H and O–H groups in total. The number of rotatable bonds is 3. The fraction of sp³-hybridized carbons (Fsp3) is 0.0714. The van der Waals surface area contributed by atoms with Crippen LogP contribution >= 0.6 is 0 Å². The molecule has 2 aromatic heterocycles. The van der Waals surface area contributed by atoms with E-state index in [-0.39, 0.29) is 10.7 Å². The topological polar surface area (TPSA) is 114 Å². The molecule has 0 unspecified atom stereocenters. The van der Waals surface area contributed by atoms with Gasteiger partial charge < -0.3 is 15.2 Å². The van der Waals surface area contributed by atoms with Gasteiger partial charge in [-0.25, -0.2) is 8.42 Å². The molecule has 0 spiro atoms. The van der Waals surface area contributed by atoms with Crippen molar-refractivity contribution in [1.29, 1.82) is 0 Å². The second-order valence-corrected chi connectivity index (χ2v) is 6.06. The van der Waals surface area contributed by atoms with Gasteiger partial charge in [0.2, 0.25) is 0 Å². The Kier molecular flexibility index (Phi) is 4.84. The predicted molar refractivity (Wildman–Crippen MR) is 83.7 cm³/mol. The number of anilines is 2. The van der Waals surface area contributed by atoms with E-state index < -0.39 is 10.0 Å². The second-order valence-electron chi connectivity index (χ2n) is 4.38. The first-order valence-corrected chi connectivity index (χ1v) is 7.85. The average molecular weight is 320 g/mol. The van der Waals surface area contributed by atoms with E-state index in [9.17, 15) is 8.42 Å². The lowest BCUT2D eigenvalue weighted by Gasteiger charge is -2.04. The molecule has 2 heterocycles. The number of nitrogens with zero attached hydrogens (tertiary/aromatic N) is 1. The summed E-state index contributed by atoms with van der Waals surface area (Å²) in [6, 6.07) is 11.3. The Balaban J connectivity index is 0.000000299. The number of aromatic amines is 1. The SMILES string of the molecule is Cc1cc(NS(=O)(=O)c2ccc(N)cc2)no1.c1cc[nH]c1. The minimum absolute atomic E-state index is 0.118. The summed E-state index contributed by atoms with van der Waals surface area (Å²) < 4.78 is 30.8. The number of hydrogen-bond donors (Lipinski definition) is 3. The second kappa shape index (κ2) is 6.81. The first-order chi connectivity index (χ1) is 10.5. The van der Waals surface area contributed by atoms with Crippen molar-refractivity contribution in [2.45, 2.75) is 11.8 Å². The van der Waals surface area contributed by atoms with Gasteiger partial charge in [-0.3, -0.25) is 4.72 Å². The third-order valence-corrected chi connectivity index (χ3v) is 3.92. The first-order valence-electron chi connectivity index (χ1n) is 6.37. The highest BCUT2D eigenvalue weighted by atomic mass is 32.2. The summed E-state index contributed by atoms with van der Waals surface area (Å²) in [5, 5.41) is 3.55. The van der Waals surface area contributed by atoms with Crippen molar-refractivity contribution in [2.24, 2.45) is 0 Å². The third kappa shape index (κ3) is 4.38. The van der Waals surface area contributed by atoms with Crippen LogP contribution in [0.15, 0.2) is 64.3 Å². The van der Waals surface area contributed by atoms with Crippen molar-refractivity contribution in [3.63, 3.8) is 0 Å². The van der Waals surface area contributed by atoms with Gasteiger partial charge >= 0.3 is 0 Å². The number of hydrogen-bond acceptors (Lipinski definition) is 5. The van der Waals surface area contributed by atoms with Gasteiger partial charge in [0.1, 0.15) is 5.76 Å². The van der Waals surface area contributed by atoms with E-state index in [4.69, 9.17) is 10.3 Å². The molecule has 0 aliphatic heterocycles. The molecule has 0 radical (unpaired) electrons. The zero-order valence-corrected chi connectivity index (χ0v) is 12.7. The van der Waals surface area contributed by atoms with Crippen LogP contribution in [0.1, 0.15) is 5.76 Å². The zero-order valence-electron chi connectivity index (χ0n) is 11.9. The Morgan fingerprint density at radius 1 is 1.18 bits per heavy atom. The van der Waals surface area contributed by atoms with Crippen molar-refractivity contribution in [2.75, 3.05) is 10.5 Å². The maximum atomic E-state index is 11.9. The molecule has 3 rings (SSSR count). The van der Waals surface area contributed by atoms with Gasteiger partial charge in [-0.05, 0) is 43.3 Å². The van der Waals surface area contributed by atoms with Crippen molar-refractivity contribution in [3.05, 3.63) is 60.6 Å². The number of nitrogens with one attached hydrogen (secondary N) is 2. The van der Waals surface area contributed by atoms with Crippen LogP contribution < -0.4 is 10.5 Å². The molecule has 3 aromatic rings. The van der Waals surface area contributed by atoms with Crippen molar-refractivity contribution in [3.8, 4) is 0 Å². The molecule has 0 atom stereocenters. The smallest absolute Gasteiger partial charge is 0.263 e. The molecule has 0 amide bonds. The molecule has 116 valence electrons. The Morgan fingerprint density at radius 3 is 2.27 bits per heavy atom. The van der Waals surface area contributed by atoms with E-state index in [1.54, 1.807) is 6.92 Å². The number of nitrogens with two attached hydrogens (primary N) is 1. The highest BCUT2D eigenvalue weighted by molar-refractivity contribution is 7.92. The molecule has 0 fully saturated rings. The van der Waals surface area contributed by atoms with E-state index in [0.717, 1.165) is 0 Å². The molecule has 7 nitrogen and oxygen atoms in total. The Hall–Kier alpha value is -2.74. The number of nitrogen functional groups attached to an aromatic ring is 1. The third-order valence-electron chi connectivity index (χ3n) is 2.55. The van der Waals surface area contributed by atoms with Crippen LogP contribution in [0.3, 0.4) is 0 Å². The summed E-state index contributed by atoms with van der Waals surface area (Å²) in [7, 11) is -3.64. The van der Waals surface area contributed by atoms with Crippen LogP contribution in [-0.2, 0) is 10.0 Å². The number of H-pyrrole nitrogens is 1. The summed E-state index contributed by atoms with van der Waals surface area (Å²) in [5.74, 6) is 0.680. The highest BCUT2D eigenvalue weighted by Gasteiger charge is 2.15. The highest BCUT2D eigenvalue weighted by Crippen LogP contribution is 2.16. The minimum atomic E-state index is -3.64. The number of aromatic nitrogens is 2. The van der Waals surface area contributed by atoms with Crippen LogP contribution in [0, 0.1) is 6.92 Å². The predicted octanol–water partition coefficient (Wildman–Crippen LogP) is 2.38. The fourth-order valence-corrected chi connectivity index (χ4v) is 2.52. The molecule has 0 saturated carbocycles. The number of aryl methyl sites for hydroxylation is 1. The summed E-state index contributed by atoms with van der Waals surface area (Å²) >= 11 is 0. The lowest BCUT2D eigenvalue weighted by molar-refractivity contribution is 0.400. The molecule has 0 bridgehead atoms. The maximum Gasteiger partial charge on any atom is 0.263 e. The molecule has 1 aromatic carbocycles. The van der Waals surface area contributed by atoms with E-state index >= 15 is 0 Å². The molecule has 0 aliphatic rings. The van der Waals surface area contributed by atoms with Crippen LogP contribution in [0.25, 0.3) is 0 Å². The van der Waals surface area contributed by atoms with E-state index in [0.29, 0.717) is 11.4 Å². The standard InChI is InChI=1S/C10H11N3O3S.C4H5N/c1-7-6-10(12-16-7)13-17(14,15)9-4-2-8(11)3-5-9;1-2-4-5-3-1/h2-6H,11H2,1H3,(H,12,13);1-5H. The van der Waals surface area contributed by atoms with Gasteiger partial charge in [0.05, 0.1) is 4.90 Å². The molecule has 0 aliphatic carbocycles. The molecule has 22 heavy (non-hydrogen) atoms. The number of sulfonamides is 1. The van der Waals surface area contributed by atoms with Crippen LogP contribution in [0.4, 0.5) is 11.5 Å². The maximum absolute atomic E-state index is 11.9. The van der Waals surface area contributed by atoms with Gasteiger partial charge in [-0.15, -0.1) is 0 Å². The molecular weight excluding hydrogens is 304 g/mol. The van der Waals surface area contributed by atoms with Gasteiger partial charge in [0, 0.05) is 24.1 Å². The monoisotopic (exact) mass is 320 g/mol. The minimum Gasteiger partial charge on any atom is -0.399 e. The lowest BCUT2D eigenvalue weighted by atomic mass is 10.3. The Bertz CT molecular complexity index is 776. The van der Waals surface area contributed by atoms with Gasteiger partial charge in [-0.2, -0.15) is 0 Å². The van der Waals surface area contributed by atoms with E-state index in [1.807, 2.05) is 24.5 Å². The van der Waals surface area contributed by atoms with E-state index in [2.05, 4.69) is 14.9 Å². The Labute approximate surface area is 128 Å². The quantitative estimate of drug-likeness (QED) is 0.641. The van der Waals surface area contributed by atoms with Gasteiger partial charge in [0.15, 0.2) is 5.82 Å². The summed E-state index contributed by atoms with van der Waals surface area (Å²) in [4.78, 5) is 2.98. The molecule has 0 saturated heterocycles. The molecular formula is C14H16N4O3S. The van der Waals surface area contributed by atoms with E-state index in [1.165, 1.54) is 30.3 Å². The first kappa shape index (κ1) is 15.6. The van der Waals surface area contributed by atoms with Crippen LogP contribution in [0.5, 0.6) is 0 Å². The molecule has 8 heteroatoms. The van der Waals surface area contributed by atoms with Gasteiger partial charge in [0.25, 0.3) is 10.0 Å². The summed E-state index contributed by atoms with van der Waals surface area (Å²) in [5.41, 5.74) is 5.98. The van der Waals surface area contributed by atoms with Crippen molar-refractivity contribution >= 4 is 21.5 Å². The Morgan fingerprint density at radius 2 is 1.82 bits per heavy atom. The zero-order chi connectivity index (χ0) is 16.0. The van der Waals surface area contributed by atoms with Crippen LogP contribution in [-0.4, -0.2) is 18.6 Å². The lowest BCUT2D eigenvalue weighted by Crippen LogP contribution is -2.13. The fourth-order valence-electron chi connectivity index (χ4n) is 1.54. The normalized spacial score (nSPS) is 10.6.